The Morgan fingerprint density at radius 2 is 2.05 bits per heavy atom. The zero-order valence-corrected chi connectivity index (χ0v) is 23.7. The SMILES string of the molecule is CC(C)(F)CN(CCCNC(=O)OC1C2COC3OCC1C3C2)S(=O)(=O)c1ccc2nc(NC3CC3)sc2c1. The first-order chi connectivity index (χ1) is 18.6. The third-order valence-corrected chi connectivity index (χ3v) is 10.6. The van der Waals surface area contributed by atoms with E-state index in [1.54, 1.807) is 12.1 Å². The molecule has 2 aromatic rings. The second-order valence-electron chi connectivity index (χ2n) is 11.6. The largest absolute Gasteiger partial charge is 0.445 e. The highest BCUT2D eigenvalue weighted by Gasteiger charge is 2.56. The van der Waals surface area contributed by atoms with Crippen molar-refractivity contribution in [3.63, 3.8) is 0 Å². The van der Waals surface area contributed by atoms with Crippen LogP contribution in [0.4, 0.5) is 14.3 Å². The number of fused-ring (bicyclic) bond motifs is 2. The van der Waals surface area contributed by atoms with E-state index in [0.717, 1.165) is 38.9 Å². The first-order valence-corrected chi connectivity index (χ1v) is 15.9. The Morgan fingerprint density at radius 3 is 2.82 bits per heavy atom. The van der Waals surface area contributed by atoms with Crippen LogP contribution in [0.3, 0.4) is 0 Å². The maximum absolute atomic E-state index is 14.7. The third kappa shape index (κ3) is 5.88. The van der Waals surface area contributed by atoms with Crippen molar-refractivity contribution in [2.45, 2.75) is 68.5 Å². The van der Waals surface area contributed by atoms with Gasteiger partial charge in [-0.3, -0.25) is 0 Å². The molecular weight excluding hydrogens is 547 g/mol. The van der Waals surface area contributed by atoms with E-state index in [0.29, 0.717) is 25.7 Å². The normalized spacial score (nSPS) is 28.3. The summed E-state index contributed by atoms with van der Waals surface area (Å²) in [5.41, 5.74) is -1.02. The van der Waals surface area contributed by atoms with Gasteiger partial charge >= 0.3 is 6.09 Å². The van der Waals surface area contributed by atoms with E-state index in [9.17, 15) is 17.6 Å². The Kier molecular flexibility index (Phi) is 7.24. The molecule has 0 spiro atoms. The fourth-order valence-electron chi connectivity index (χ4n) is 5.84. The molecule has 1 aromatic carbocycles. The molecule has 2 N–H and O–H groups in total. The van der Waals surface area contributed by atoms with Crippen LogP contribution in [0.15, 0.2) is 23.1 Å². The molecule has 2 aliphatic heterocycles. The number of alkyl halides is 1. The summed E-state index contributed by atoms with van der Waals surface area (Å²) in [6, 6.07) is 5.25. The van der Waals surface area contributed by atoms with Crippen LogP contribution in [0.5, 0.6) is 0 Å². The predicted molar refractivity (Wildman–Crippen MR) is 144 cm³/mol. The van der Waals surface area contributed by atoms with E-state index >= 15 is 0 Å². The van der Waals surface area contributed by atoms with E-state index in [4.69, 9.17) is 14.2 Å². The average molecular weight is 583 g/mol. The minimum absolute atomic E-state index is 0.0469. The van der Waals surface area contributed by atoms with Crippen LogP contribution in [0, 0.1) is 17.8 Å². The lowest BCUT2D eigenvalue weighted by molar-refractivity contribution is -0.169. The average Bonchev–Trinajstić information content (AvgIpc) is 3.33. The fourth-order valence-corrected chi connectivity index (χ4v) is 8.55. The van der Waals surface area contributed by atoms with Gasteiger partial charge < -0.3 is 24.8 Å². The van der Waals surface area contributed by atoms with Crippen LogP contribution in [0.25, 0.3) is 10.2 Å². The van der Waals surface area contributed by atoms with Crippen molar-refractivity contribution in [1.29, 1.82) is 0 Å². The van der Waals surface area contributed by atoms with Gasteiger partial charge in [0.25, 0.3) is 0 Å². The van der Waals surface area contributed by atoms with E-state index in [1.165, 1.54) is 31.3 Å². The number of aromatic nitrogens is 1. The van der Waals surface area contributed by atoms with Gasteiger partial charge in [0.15, 0.2) is 11.4 Å². The molecular formula is C26H35FN4O6S2. The van der Waals surface area contributed by atoms with E-state index < -0.39 is 21.8 Å². The van der Waals surface area contributed by atoms with Crippen LogP contribution in [0.1, 0.15) is 39.5 Å². The first kappa shape index (κ1) is 27.1. The summed E-state index contributed by atoms with van der Waals surface area (Å²) in [5, 5.41) is 6.85. The van der Waals surface area contributed by atoms with Crippen LogP contribution < -0.4 is 10.6 Å². The minimum atomic E-state index is -3.98. The van der Waals surface area contributed by atoms with Gasteiger partial charge in [-0.25, -0.2) is 22.6 Å². The monoisotopic (exact) mass is 582 g/mol. The van der Waals surface area contributed by atoms with Gasteiger partial charge in [-0.15, -0.1) is 0 Å². The summed E-state index contributed by atoms with van der Waals surface area (Å²) in [6.07, 6.45) is 2.50. The number of benzene rings is 1. The standard InChI is InChI=1S/C26H35FN4O6S2/c1-26(2,27)14-31(39(33,34)17-6-7-20-21(11-17)38-24(30-20)29-16-4-5-16)9-3-8-28-25(32)37-22-15-10-18-19(22)13-36-23(18)35-12-15/h6-7,11,15-16,18-19,22-23H,3-5,8-10,12-14H2,1-2H3,(H,28,32)(H,29,30). The Balaban J connectivity index is 1.07. The molecule has 4 aliphatic rings. The van der Waals surface area contributed by atoms with E-state index in [-0.39, 0.29) is 54.7 Å². The van der Waals surface area contributed by atoms with Crippen molar-refractivity contribution in [3.8, 4) is 0 Å². The highest BCUT2D eigenvalue weighted by molar-refractivity contribution is 7.89. The topological polar surface area (TPSA) is 119 Å². The summed E-state index contributed by atoms with van der Waals surface area (Å²) in [7, 11) is -3.98. The van der Waals surface area contributed by atoms with Gasteiger partial charge in [-0.1, -0.05) is 11.3 Å². The molecule has 13 heteroatoms. The zero-order chi connectivity index (χ0) is 27.4. The molecule has 1 amide bonds. The minimum Gasteiger partial charge on any atom is -0.445 e. The molecule has 5 atom stereocenters. The molecule has 10 nitrogen and oxygen atoms in total. The molecule has 4 fully saturated rings. The number of carbonyl (C=O) groups is 1. The van der Waals surface area contributed by atoms with Crippen LogP contribution in [-0.4, -0.2) is 80.8 Å². The predicted octanol–water partition coefficient (Wildman–Crippen LogP) is 3.73. The number of hydrogen-bond donors (Lipinski definition) is 2. The number of nitrogens with zero attached hydrogens (tertiary/aromatic N) is 2. The van der Waals surface area contributed by atoms with Crippen molar-refractivity contribution >= 4 is 42.8 Å². The molecule has 2 bridgehead atoms. The van der Waals surface area contributed by atoms with E-state index in [1.807, 2.05) is 0 Å². The smallest absolute Gasteiger partial charge is 0.407 e. The molecule has 5 unspecified atom stereocenters. The lowest BCUT2D eigenvalue weighted by atomic mass is 9.98. The van der Waals surface area contributed by atoms with Gasteiger partial charge in [-0.05, 0) is 57.7 Å². The van der Waals surface area contributed by atoms with Crippen molar-refractivity contribution in [1.82, 2.24) is 14.6 Å². The highest BCUT2D eigenvalue weighted by Crippen LogP contribution is 2.49. The van der Waals surface area contributed by atoms with Crippen molar-refractivity contribution in [3.05, 3.63) is 18.2 Å². The van der Waals surface area contributed by atoms with E-state index in [2.05, 4.69) is 15.6 Å². The number of thiazole rings is 1. The van der Waals surface area contributed by atoms with Gasteiger partial charge in [-0.2, -0.15) is 4.31 Å². The molecule has 2 saturated heterocycles. The molecule has 3 heterocycles. The number of amides is 1. The summed E-state index contributed by atoms with van der Waals surface area (Å²) < 4.78 is 60.9. The maximum Gasteiger partial charge on any atom is 0.407 e. The van der Waals surface area contributed by atoms with Gasteiger partial charge in [0.05, 0.1) is 28.3 Å². The zero-order valence-electron chi connectivity index (χ0n) is 22.1. The highest BCUT2D eigenvalue weighted by atomic mass is 32.2. The van der Waals surface area contributed by atoms with Crippen LogP contribution in [-0.2, 0) is 24.2 Å². The number of sulfonamides is 1. The first-order valence-electron chi connectivity index (χ1n) is 13.6. The summed E-state index contributed by atoms with van der Waals surface area (Å²) >= 11 is 1.41. The lowest BCUT2D eigenvalue weighted by Crippen LogP contribution is -2.42. The summed E-state index contributed by atoms with van der Waals surface area (Å²) in [6.45, 7) is 3.70. The molecule has 2 saturated carbocycles. The van der Waals surface area contributed by atoms with Gasteiger partial charge in [0.1, 0.15) is 11.8 Å². The number of carbonyl (C=O) groups excluding carboxylic acids is 1. The quantitative estimate of drug-likeness (QED) is 0.385. The number of rotatable bonds is 11. The van der Waals surface area contributed by atoms with Gasteiger partial charge in [0, 0.05) is 43.4 Å². The molecule has 0 radical (unpaired) electrons. The molecule has 39 heavy (non-hydrogen) atoms. The second kappa shape index (κ2) is 10.4. The Hall–Kier alpha value is -2.06. The maximum atomic E-state index is 14.7. The Bertz CT molecular complexity index is 1330. The summed E-state index contributed by atoms with van der Waals surface area (Å²) in [4.78, 5) is 17.2. The molecule has 1 aromatic heterocycles. The lowest BCUT2D eigenvalue weighted by Gasteiger charge is -2.28. The molecule has 2 aliphatic carbocycles. The molecule has 6 rings (SSSR count). The second-order valence-corrected chi connectivity index (χ2v) is 14.6. The van der Waals surface area contributed by atoms with Crippen molar-refractivity contribution < 1.29 is 31.8 Å². The van der Waals surface area contributed by atoms with Crippen LogP contribution >= 0.6 is 11.3 Å². The van der Waals surface area contributed by atoms with Crippen molar-refractivity contribution in [2.75, 3.05) is 38.2 Å². The third-order valence-electron chi connectivity index (χ3n) is 7.84. The van der Waals surface area contributed by atoms with Crippen LogP contribution in [0.2, 0.25) is 0 Å². The Morgan fingerprint density at radius 1 is 1.26 bits per heavy atom. The number of ether oxygens (including phenoxy) is 3. The fraction of sp³-hybridized carbons (Fsp3) is 0.692. The Labute approximate surface area is 231 Å². The number of anilines is 1. The van der Waals surface area contributed by atoms with Crippen molar-refractivity contribution in [2.24, 2.45) is 17.8 Å². The number of alkyl carbamates (subject to hydrolysis) is 1. The molecule has 214 valence electrons. The van der Waals surface area contributed by atoms with Gasteiger partial charge in [0.2, 0.25) is 10.0 Å². The number of nitrogens with one attached hydrogen (secondary N) is 2. The number of halogens is 1. The summed E-state index contributed by atoms with van der Waals surface area (Å²) in [5.74, 6) is 0.599. The number of hydrogen-bond acceptors (Lipinski definition) is 9.